The van der Waals surface area contributed by atoms with Gasteiger partial charge >= 0.3 is 0 Å². The molecule has 0 aromatic carbocycles. The third kappa shape index (κ3) is 1.51. The Labute approximate surface area is 57.2 Å². The maximum atomic E-state index is 4.92. The molecule has 1 nitrogen and oxygen atoms in total. The summed E-state index contributed by atoms with van der Waals surface area (Å²) in [4.78, 5) is 0. The van der Waals surface area contributed by atoms with Gasteiger partial charge in [0.2, 0.25) is 4.38 Å². The van der Waals surface area contributed by atoms with Crippen LogP contribution in [-0.2, 0) is 4.74 Å². The van der Waals surface area contributed by atoms with Crippen LogP contribution in [0, 0.1) is 0 Å². The lowest BCUT2D eigenvalue weighted by Gasteiger charge is -1.95. The molecule has 0 bridgehead atoms. The van der Waals surface area contributed by atoms with Crippen molar-refractivity contribution < 1.29 is 4.74 Å². The number of thiocarbonyl (C=S) groups is 1. The van der Waals surface area contributed by atoms with Crippen LogP contribution in [0.25, 0.3) is 0 Å². The molecule has 1 rings (SSSR count). The highest BCUT2D eigenvalue weighted by molar-refractivity contribution is 8.23. The van der Waals surface area contributed by atoms with Crippen molar-refractivity contribution in [3.8, 4) is 0 Å². The summed E-state index contributed by atoms with van der Waals surface area (Å²) in [6, 6.07) is 0. The van der Waals surface area contributed by atoms with E-state index in [1.807, 2.05) is 0 Å². The quantitative estimate of drug-likeness (QED) is 0.414. The Bertz CT molecular complexity index is 92.2. The molecule has 40 valence electrons. The van der Waals surface area contributed by atoms with Crippen LogP contribution >= 0.6 is 36.6 Å². The summed E-state index contributed by atoms with van der Waals surface area (Å²) in [5.41, 5.74) is 0.0394. The van der Waals surface area contributed by atoms with Crippen molar-refractivity contribution in [2.24, 2.45) is 0 Å². The van der Waals surface area contributed by atoms with Crippen LogP contribution in [0.2, 0.25) is 0 Å². The summed E-state index contributed by atoms with van der Waals surface area (Å²) in [5.74, 6) is 0.891. The number of hydrogen-bond donors (Lipinski definition) is 1. The van der Waals surface area contributed by atoms with Crippen LogP contribution < -0.4 is 0 Å². The van der Waals surface area contributed by atoms with Gasteiger partial charge in [0, 0.05) is 5.75 Å². The summed E-state index contributed by atoms with van der Waals surface area (Å²) in [6.07, 6.45) is 0. The van der Waals surface area contributed by atoms with Gasteiger partial charge in [0.15, 0.2) is 5.44 Å². The van der Waals surface area contributed by atoms with Crippen LogP contribution in [0.1, 0.15) is 0 Å². The normalized spacial score (nSPS) is 30.4. The Kier molecular flexibility index (Phi) is 1.83. The van der Waals surface area contributed by atoms with Crippen LogP contribution in [-0.4, -0.2) is 15.6 Å². The molecule has 0 aliphatic carbocycles. The van der Waals surface area contributed by atoms with Gasteiger partial charge in [-0.1, -0.05) is 11.8 Å². The average Bonchev–Trinajstić information content (AvgIpc) is 1.87. The Hall–Kier alpha value is 0.590. The van der Waals surface area contributed by atoms with Crippen molar-refractivity contribution in [1.29, 1.82) is 0 Å². The van der Waals surface area contributed by atoms with E-state index in [-0.39, 0.29) is 5.44 Å². The highest BCUT2D eigenvalue weighted by atomic mass is 32.2. The monoisotopic (exact) mass is 152 g/mol. The molecule has 1 atom stereocenters. The van der Waals surface area contributed by atoms with Crippen LogP contribution in [0.15, 0.2) is 0 Å². The summed E-state index contributed by atoms with van der Waals surface area (Å²) >= 11 is 10.2. The van der Waals surface area contributed by atoms with Gasteiger partial charge in [0.1, 0.15) is 0 Å². The molecule has 0 radical (unpaired) electrons. The second kappa shape index (κ2) is 2.24. The molecule has 1 aliphatic heterocycles. The second-order valence-corrected chi connectivity index (χ2v) is 3.33. The van der Waals surface area contributed by atoms with Gasteiger partial charge in [-0.15, -0.1) is 12.6 Å². The van der Waals surface area contributed by atoms with Gasteiger partial charge in [0.25, 0.3) is 0 Å². The van der Waals surface area contributed by atoms with Crippen LogP contribution in [0.4, 0.5) is 0 Å². The van der Waals surface area contributed by atoms with Crippen LogP contribution in [0.3, 0.4) is 0 Å². The predicted octanol–water partition coefficient (Wildman–Crippen LogP) is 1.29. The standard InChI is InChI=1S/C3H4OS3/c5-2-1-7-3(6)4-2/h2,5H,1H2. The molecule has 0 spiro atoms. The topological polar surface area (TPSA) is 9.23 Å². The van der Waals surface area contributed by atoms with E-state index in [1.165, 1.54) is 11.8 Å². The minimum absolute atomic E-state index is 0.0394. The molecule has 0 amide bonds. The lowest BCUT2D eigenvalue weighted by molar-refractivity contribution is 0.329. The van der Waals surface area contributed by atoms with Crippen molar-refractivity contribution in [2.45, 2.75) is 5.44 Å². The van der Waals surface area contributed by atoms with Crippen molar-refractivity contribution >= 4 is 41.0 Å². The minimum Gasteiger partial charge on any atom is -0.464 e. The predicted molar refractivity (Wildman–Crippen MR) is 38.9 cm³/mol. The molecule has 1 saturated heterocycles. The molecule has 0 aromatic rings. The lowest BCUT2D eigenvalue weighted by Crippen LogP contribution is -1.97. The van der Waals surface area contributed by atoms with Crippen molar-refractivity contribution in [3.05, 3.63) is 0 Å². The molecule has 4 heteroatoms. The SMILES string of the molecule is S=C1OC(S)CS1. The van der Waals surface area contributed by atoms with E-state index >= 15 is 0 Å². The highest BCUT2D eigenvalue weighted by Crippen LogP contribution is 2.21. The van der Waals surface area contributed by atoms with Gasteiger partial charge < -0.3 is 4.74 Å². The first-order valence-corrected chi connectivity index (χ1v) is 3.71. The molecule has 7 heavy (non-hydrogen) atoms. The first kappa shape index (κ1) is 5.72. The summed E-state index contributed by atoms with van der Waals surface area (Å²) in [6.45, 7) is 0. The van der Waals surface area contributed by atoms with Gasteiger partial charge in [-0.2, -0.15) is 0 Å². The first-order valence-electron chi connectivity index (χ1n) is 1.80. The average molecular weight is 152 g/mol. The Morgan fingerprint density at radius 1 is 2.00 bits per heavy atom. The summed E-state index contributed by atoms with van der Waals surface area (Å²) in [7, 11) is 0. The highest BCUT2D eigenvalue weighted by Gasteiger charge is 2.15. The lowest BCUT2D eigenvalue weighted by atomic mass is 10.8. The third-order valence-electron chi connectivity index (χ3n) is 0.576. The van der Waals surface area contributed by atoms with Gasteiger partial charge in [-0.25, -0.2) is 0 Å². The number of thioether (sulfide) groups is 1. The van der Waals surface area contributed by atoms with E-state index < -0.39 is 0 Å². The Morgan fingerprint density at radius 2 is 2.71 bits per heavy atom. The maximum Gasteiger partial charge on any atom is 0.221 e. The minimum atomic E-state index is 0.0394. The van der Waals surface area contributed by atoms with Gasteiger partial charge in [-0.05, 0) is 12.2 Å². The number of rotatable bonds is 0. The van der Waals surface area contributed by atoms with E-state index in [9.17, 15) is 0 Å². The van der Waals surface area contributed by atoms with Crippen molar-refractivity contribution in [3.63, 3.8) is 0 Å². The summed E-state index contributed by atoms with van der Waals surface area (Å²) in [5, 5.41) is 0. The molecular formula is C3H4OS3. The largest absolute Gasteiger partial charge is 0.464 e. The fourth-order valence-corrected chi connectivity index (χ4v) is 1.64. The molecule has 1 heterocycles. The van der Waals surface area contributed by atoms with Crippen molar-refractivity contribution in [1.82, 2.24) is 0 Å². The molecule has 0 saturated carbocycles. The Balaban J connectivity index is 2.40. The van der Waals surface area contributed by atoms with Gasteiger partial charge in [0.05, 0.1) is 0 Å². The number of hydrogen-bond acceptors (Lipinski definition) is 4. The number of ether oxygens (including phenoxy) is 1. The summed E-state index contributed by atoms with van der Waals surface area (Å²) < 4.78 is 5.54. The van der Waals surface area contributed by atoms with E-state index in [0.29, 0.717) is 4.38 Å². The van der Waals surface area contributed by atoms with E-state index in [0.717, 1.165) is 5.75 Å². The molecule has 1 unspecified atom stereocenters. The zero-order valence-corrected chi connectivity index (χ0v) is 5.98. The van der Waals surface area contributed by atoms with E-state index in [1.54, 1.807) is 0 Å². The maximum absolute atomic E-state index is 4.92. The Morgan fingerprint density at radius 3 is 2.86 bits per heavy atom. The van der Waals surface area contributed by atoms with E-state index in [2.05, 4.69) is 24.8 Å². The van der Waals surface area contributed by atoms with Crippen LogP contribution in [0.5, 0.6) is 0 Å². The number of thiol groups is 1. The molecule has 0 aromatic heterocycles. The molecule has 0 N–H and O–H groups in total. The fraction of sp³-hybridized carbons (Fsp3) is 0.667. The first-order chi connectivity index (χ1) is 3.29. The zero-order valence-electron chi connectivity index (χ0n) is 3.46. The molecule has 1 aliphatic rings. The smallest absolute Gasteiger partial charge is 0.221 e. The zero-order chi connectivity index (χ0) is 5.28. The van der Waals surface area contributed by atoms with Gasteiger partial charge in [-0.3, -0.25) is 0 Å². The van der Waals surface area contributed by atoms with E-state index in [4.69, 9.17) is 4.74 Å². The second-order valence-electron chi connectivity index (χ2n) is 1.13. The fourth-order valence-electron chi connectivity index (χ4n) is 0.318. The molecule has 1 fully saturated rings. The molecular weight excluding hydrogens is 148 g/mol. The van der Waals surface area contributed by atoms with Crippen molar-refractivity contribution in [2.75, 3.05) is 5.75 Å². The third-order valence-corrected chi connectivity index (χ3v) is 2.36.